The third kappa shape index (κ3) is 1.23. The molecule has 0 spiro atoms. The molecule has 1 aromatic rings. The molecular formula is C5H4ClNO2. The van der Waals surface area contributed by atoms with Crippen LogP contribution in [0.25, 0.3) is 0 Å². The molecule has 0 saturated carbocycles. The van der Waals surface area contributed by atoms with Gasteiger partial charge in [0.05, 0.1) is 0 Å². The van der Waals surface area contributed by atoms with E-state index in [1.807, 2.05) is 0 Å². The van der Waals surface area contributed by atoms with Gasteiger partial charge in [0.2, 0.25) is 5.43 Å². The molecule has 0 aliphatic heterocycles. The minimum Gasteiger partial charge on any atom is -0.494 e. The highest BCUT2D eigenvalue weighted by Crippen LogP contribution is 2.02. The molecule has 0 radical (unpaired) electrons. The van der Waals surface area contributed by atoms with Crippen LogP contribution in [0.15, 0.2) is 17.1 Å². The lowest BCUT2D eigenvalue weighted by atomic mass is 10.5. The second-order valence-corrected chi connectivity index (χ2v) is 1.94. The van der Waals surface area contributed by atoms with Crippen LogP contribution in [0.3, 0.4) is 0 Å². The minimum absolute atomic E-state index is 0.0767. The Morgan fingerprint density at radius 1 is 1.67 bits per heavy atom. The van der Waals surface area contributed by atoms with E-state index in [4.69, 9.17) is 16.7 Å². The Kier molecular flexibility index (Phi) is 1.44. The zero-order valence-electron chi connectivity index (χ0n) is 4.39. The predicted octanol–water partition coefficient (Wildman–Crippen LogP) is 0.734. The minimum atomic E-state index is -0.382. The maximum absolute atomic E-state index is 10.5. The standard InChI is InChI=1S/C5H4ClNO2/c6-3-2-7-5(9)1-4(3)8/h1-2H,(H2,7,8,9). The summed E-state index contributed by atoms with van der Waals surface area (Å²) in [6.07, 6.45) is 1.24. The smallest absolute Gasteiger partial charge is 0.203 e. The molecular weight excluding hydrogens is 142 g/mol. The zero-order chi connectivity index (χ0) is 6.85. The van der Waals surface area contributed by atoms with Crippen molar-refractivity contribution in [1.29, 1.82) is 0 Å². The fourth-order valence-electron chi connectivity index (χ4n) is 0.443. The average Bonchev–Trinajstić information content (AvgIpc) is 1.80. The normalized spacial score (nSPS) is 9.44. The quantitative estimate of drug-likeness (QED) is 0.566. The number of rotatable bonds is 0. The molecule has 0 atom stereocenters. The van der Waals surface area contributed by atoms with Gasteiger partial charge in [0.1, 0.15) is 5.02 Å². The van der Waals surface area contributed by atoms with E-state index in [1.165, 1.54) is 6.20 Å². The van der Waals surface area contributed by atoms with Gasteiger partial charge in [0.15, 0.2) is 5.88 Å². The van der Waals surface area contributed by atoms with Crippen LogP contribution >= 0.6 is 11.6 Å². The van der Waals surface area contributed by atoms with Gasteiger partial charge in [-0.25, -0.2) is 0 Å². The summed E-state index contributed by atoms with van der Waals surface area (Å²) in [6.45, 7) is 0. The van der Waals surface area contributed by atoms with Gasteiger partial charge in [0.25, 0.3) is 0 Å². The maximum Gasteiger partial charge on any atom is 0.203 e. The van der Waals surface area contributed by atoms with Crippen molar-refractivity contribution in [3.05, 3.63) is 27.5 Å². The molecule has 0 amide bonds. The van der Waals surface area contributed by atoms with Gasteiger partial charge in [-0.2, -0.15) is 0 Å². The van der Waals surface area contributed by atoms with Crippen LogP contribution in [0.1, 0.15) is 0 Å². The molecule has 1 rings (SSSR count). The molecule has 1 heterocycles. The van der Waals surface area contributed by atoms with Crippen molar-refractivity contribution >= 4 is 11.6 Å². The van der Waals surface area contributed by atoms with Gasteiger partial charge in [-0.1, -0.05) is 11.6 Å². The van der Waals surface area contributed by atoms with Crippen LogP contribution in [-0.4, -0.2) is 10.1 Å². The molecule has 0 fully saturated rings. The Morgan fingerprint density at radius 3 is 2.78 bits per heavy atom. The first-order valence-corrected chi connectivity index (χ1v) is 2.65. The van der Waals surface area contributed by atoms with E-state index in [0.29, 0.717) is 0 Å². The van der Waals surface area contributed by atoms with Gasteiger partial charge in [0, 0.05) is 12.3 Å². The molecule has 0 aromatic carbocycles. The van der Waals surface area contributed by atoms with E-state index in [1.54, 1.807) is 0 Å². The first kappa shape index (κ1) is 6.16. The number of aromatic hydroxyl groups is 1. The van der Waals surface area contributed by atoms with E-state index < -0.39 is 0 Å². The Labute approximate surface area is 55.9 Å². The SMILES string of the molecule is O=c1cc(O)[nH]cc1Cl. The van der Waals surface area contributed by atoms with Crippen molar-refractivity contribution in [3.63, 3.8) is 0 Å². The highest BCUT2D eigenvalue weighted by atomic mass is 35.5. The molecule has 9 heavy (non-hydrogen) atoms. The molecule has 0 aliphatic rings. The van der Waals surface area contributed by atoms with Crippen molar-refractivity contribution in [1.82, 2.24) is 4.98 Å². The number of hydrogen-bond acceptors (Lipinski definition) is 2. The monoisotopic (exact) mass is 145 g/mol. The Hall–Kier alpha value is -0.960. The van der Waals surface area contributed by atoms with Crippen LogP contribution in [-0.2, 0) is 0 Å². The number of H-pyrrole nitrogens is 1. The highest BCUT2D eigenvalue weighted by molar-refractivity contribution is 6.30. The summed E-state index contributed by atoms with van der Waals surface area (Å²) in [4.78, 5) is 12.9. The molecule has 0 saturated heterocycles. The number of pyridine rings is 1. The fraction of sp³-hybridized carbons (Fsp3) is 0. The van der Waals surface area contributed by atoms with Crippen LogP contribution in [0.2, 0.25) is 5.02 Å². The number of aromatic amines is 1. The number of nitrogens with one attached hydrogen (secondary N) is 1. The van der Waals surface area contributed by atoms with Crippen molar-refractivity contribution in [2.45, 2.75) is 0 Å². The van der Waals surface area contributed by atoms with E-state index >= 15 is 0 Å². The second-order valence-electron chi connectivity index (χ2n) is 1.53. The van der Waals surface area contributed by atoms with Crippen LogP contribution < -0.4 is 5.43 Å². The molecule has 1 aromatic heterocycles. The first-order valence-electron chi connectivity index (χ1n) is 2.27. The second kappa shape index (κ2) is 2.11. The summed E-state index contributed by atoms with van der Waals surface area (Å²) in [5.41, 5.74) is -0.382. The predicted molar refractivity (Wildman–Crippen MR) is 33.7 cm³/mol. The van der Waals surface area contributed by atoms with E-state index in [-0.39, 0.29) is 16.3 Å². The number of hydrogen-bond donors (Lipinski definition) is 2. The Bertz CT molecular complexity index is 268. The van der Waals surface area contributed by atoms with E-state index in [0.717, 1.165) is 6.07 Å². The summed E-state index contributed by atoms with van der Waals surface area (Å²) in [5, 5.41) is 8.70. The number of aromatic nitrogens is 1. The summed E-state index contributed by atoms with van der Waals surface area (Å²) >= 11 is 5.33. The molecule has 2 N–H and O–H groups in total. The van der Waals surface area contributed by atoms with Crippen molar-refractivity contribution < 1.29 is 5.11 Å². The van der Waals surface area contributed by atoms with Crippen LogP contribution in [0, 0.1) is 0 Å². The molecule has 48 valence electrons. The van der Waals surface area contributed by atoms with Gasteiger partial charge in [-0.3, -0.25) is 4.79 Å². The van der Waals surface area contributed by atoms with Crippen molar-refractivity contribution in [3.8, 4) is 5.88 Å². The van der Waals surface area contributed by atoms with Crippen LogP contribution in [0.5, 0.6) is 5.88 Å². The van der Waals surface area contributed by atoms with E-state index in [9.17, 15) is 4.79 Å². The van der Waals surface area contributed by atoms with Crippen molar-refractivity contribution in [2.75, 3.05) is 0 Å². The van der Waals surface area contributed by atoms with Crippen molar-refractivity contribution in [2.24, 2.45) is 0 Å². The summed E-state index contributed by atoms with van der Waals surface area (Å²) < 4.78 is 0. The van der Waals surface area contributed by atoms with Gasteiger partial charge in [-0.15, -0.1) is 0 Å². The molecule has 0 bridgehead atoms. The molecule has 4 heteroatoms. The Balaban J connectivity index is 3.34. The Morgan fingerprint density at radius 2 is 2.33 bits per heavy atom. The van der Waals surface area contributed by atoms with Gasteiger partial charge < -0.3 is 10.1 Å². The summed E-state index contributed by atoms with van der Waals surface area (Å²) in [5.74, 6) is -0.176. The first-order chi connectivity index (χ1) is 4.20. The lowest BCUT2D eigenvalue weighted by molar-refractivity contribution is 0.453. The van der Waals surface area contributed by atoms with Gasteiger partial charge in [-0.05, 0) is 0 Å². The highest BCUT2D eigenvalue weighted by Gasteiger charge is 1.93. The third-order valence-corrected chi connectivity index (χ3v) is 1.15. The van der Waals surface area contributed by atoms with Gasteiger partial charge >= 0.3 is 0 Å². The largest absolute Gasteiger partial charge is 0.494 e. The lowest BCUT2D eigenvalue weighted by Crippen LogP contribution is -1.98. The fourth-order valence-corrected chi connectivity index (χ4v) is 0.552. The number of halogens is 1. The average molecular weight is 146 g/mol. The maximum atomic E-state index is 10.5. The zero-order valence-corrected chi connectivity index (χ0v) is 5.14. The topological polar surface area (TPSA) is 53.1 Å². The molecule has 0 unspecified atom stereocenters. The van der Waals surface area contributed by atoms with Crippen LogP contribution in [0.4, 0.5) is 0 Å². The molecule has 3 nitrogen and oxygen atoms in total. The third-order valence-electron chi connectivity index (χ3n) is 0.850. The molecule has 0 aliphatic carbocycles. The summed E-state index contributed by atoms with van der Waals surface area (Å²) in [7, 11) is 0. The summed E-state index contributed by atoms with van der Waals surface area (Å²) in [6, 6.07) is 1.02. The lowest BCUT2D eigenvalue weighted by Gasteiger charge is -1.88. The van der Waals surface area contributed by atoms with E-state index in [2.05, 4.69) is 4.98 Å².